The Morgan fingerprint density at radius 1 is 1.40 bits per heavy atom. The highest BCUT2D eigenvalue weighted by atomic mass is 16.6. The Hall–Kier alpha value is -1.51. The first-order chi connectivity index (χ1) is 7.20. The maximum absolute atomic E-state index is 11.3. The van der Waals surface area contributed by atoms with Gasteiger partial charge in [-0.05, 0) is 13.0 Å². The normalized spacial score (nSPS) is 32.6. The lowest BCUT2D eigenvalue weighted by atomic mass is 9.81. The largest absolute Gasteiger partial charge is 0.493 e. The van der Waals surface area contributed by atoms with Crippen LogP contribution in [-0.4, -0.2) is 12.6 Å². The van der Waals surface area contributed by atoms with Crippen LogP contribution in [-0.2, 0) is 15.1 Å². The molecule has 2 aliphatic heterocycles. The van der Waals surface area contributed by atoms with E-state index >= 15 is 0 Å². The number of carbonyl (C=O) groups is 1. The fourth-order valence-corrected chi connectivity index (χ4v) is 2.44. The van der Waals surface area contributed by atoms with Gasteiger partial charge in [-0.3, -0.25) is 4.79 Å². The Morgan fingerprint density at radius 3 is 3.07 bits per heavy atom. The van der Waals surface area contributed by atoms with Crippen LogP contribution in [0.3, 0.4) is 0 Å². The summed E-state index contributed by atoms with van der Waals surface area (Å²) in [6.45, 7) is 2.54. The summed E-state index contributed by atoms with van der Waals surface area (Å²) in [5, 5.41) is 0. The van der Waals surface area contributed by atoms with Crippen LogP contribution < -0.4 is 4.74 Å². The van der Waals surface area contributed by atoms with Gasteiger partial charge in [-0.2, -0.15) is 0 Å². The summed E-state index contributed by atoms with van der Waals surface area (Å²) in [6, 6.07) is 7.77. The van der Waals surface area contributed by atoms with Crippen LogP contribution in [0.2, 0.25) is 0 Å². The zero-order valence-electron chi connectivity index (χ0n) is 8.53. The van der Waals surface area contributed by atoms with Crippen LogP contribution in [0.5, 0.6) is 5.75 Å². The summed E-state index contributed by atoms with van der Waals surface area (Å²) < 4.78 is 11.1. The molecule has 1 aromatic rings. The second kappa shape index (κ2) is 2.75. The van der Waals surface area contributed by atoms with Crippen LogP contribution in [0.15, 0.2) is 24.3 Å². The molecule has 0 saturated carbocycles. The van der Waals surface area contributed by atoms with Gasteiger partial charge >= 0.3 is 5.97 Å². The molecule has 1 aromatic carbocycles. The highest BCUT2D eigenvalue weighted by Gasteiger charge is 2.50. The average molecular weight is 204 g/mol. The van der Waals surface area contributed by atoms with Crippen LogP contribution >= 0.6 is 0 Å². The van der Waals surface area contributed by atoms with Crippen molar-refractivity contribution in [2.24, 2.45) is 5.92 Å². The van der Waals surface area contributed by atoms with Gasteiger partial charge in [0.2, 0.25) is 0 Å². The summed E-state index contributed by atoms with van der Waals surface area (Å²) in [4.78, 5) is 11.3. The number of carbonyl (C=O) groups excluding carboxylic acids is 1. The molecule has 0 amide bonds. The second-order valence-corrected chi connectivity index (χ2v) is 4.29. The van der Waals surface area contributed by atoms with Gasteiger partial charge in [0.05, 0.1) is 13.0 Å². The first-order valence-electron chi connectivity index (χ1n) is 5.14. The molecule has 15 heavy (non-hydrogen) atoms. The summed E-state index contributed by atoms with van der Waals surface area (Å²) in [5.41, 5.74) is 0.512. The minimum atomic E-state index is -0.480. The third kappa shape index (κ3) is 1.09. The number of ether oxygens (including phenoxy) is 2. The van der Waals surface area contributed by atoms with E-state index in [9.17, 15) is 4.79 Å². The molecule has 3 nitrogen and oxygen atoms in total. The number of benzene rings is 1. The van der Waals surface area contributed by atoms with Crippen molar-refractivity contribution in [3.63, 3.8) is 0 Å². The number of rotatable bonds is 0. The third-order valence-electron chi connectivity index (χ3n) is 3.38. The Kier molecular flexibility index (Phi) is 1.61. The standard InChI is InChI=1S/C12H12O3/c1-12-8(6-11(13)15-12)7-14-10-5-3-2-4-9(10)12/h2-5,8H,6-7H2,1H3/t8-,12-/m1/s1. The molecule has 3 rings (SSSR count). The molecule has 78 valence electrons. The van der Waals surface area contributed by atoms with E-state index in [0.717, 1.165) is 11.3 Å². The van der Waals surface area contributed by atoms with Crippen molar-refractivity contribution >= 4 is 5.97 Å². The number of esters is 1. The highest BCUT2D eigenvalue weighted by Crippen LogP contribution is 2.47. The van der Waals surface area contributed by atoms with Gasteiger partial charge in [-0.1, -0.05) is 18.2 Å². The van der Waals surface area contributed by atoms with Gasteiger partial charge in [-0.15, -0.1) is 0 Å². The van der Waals surface area contributed by atoms with Crippen LogP contribution in [0.4, 0.5) is 0 Å². The highest BCUT2D eigenvalue weighted by molar-refractivity contribution is 5.74. The molecule has 1 saturated heterocycles. The Bertz CT molecular complexity index is 427. The van der Waals surface area contributed by atoms with Crippen molar-refractivity contribution < 1.29 is 14.3 Å². The lowest BCUT2D eigenvalue weighted by Gasteiger charge is -2.35. The van der Waals surface area contributed by atoms with E-state index in [1.807, 2.05) is 31.2 Å². The molecule has 0 N–H and O–H groups in total. The number of hydrogen-bond donors (Lipinski definition) is 0. The van der Waals surface area contributed by atoms with Crippen LogP contribution in [0.1, 0.15) is 18.9 Å². The van der Waals surface area contributed by atoms with Gasteiger partial charge in [-0.25, -0.2) is 0 Å². The van der Waals surface area contributed by atoms with E-state index in [2.05, 4.69) is 0 Å². The van der Waals surface area contributed by atoms with Gasteiger partial charge in [0.25, 0.3) is 0 Å². The zero-order chi connectivity index (χ0) is 10.5. The molecule has 0 aromatic heterocycles. The number of para-hydroxylation sites is 1. The first-order valence-corrected chi connectivity index (χ1v) is 5.14. The molecule has 1 fully saturated rings. The van der Waals surface area contributed by atoms with Crippen molar-refractivity contribution in [2.45, 2.75) is 18.9 Å². The number of fused-ring (bicyclic) bond motifs is 3. The fourth-order valence-electron chi connectivity index (χ4n) is 2.44. The second-order valence-electron chi connectivity index (χ2n) is 4.29. The van der Waals surface area contributed by atoms with Crippen molar-refractivity contribution in [1.29, 1.82) is 0 Å². The lowest BCUT2D eigenvalue weighted by molar-refractivity contribution is -0.150. The summed E-state index contributed by atoms with van der Waals surface area (Å²) in [6.07, 6.45) is 0.463. The number of hydrogen-bond acceptors (Lipinski definition) is 3. The molecule has 0 unspecified atom stereocenters. The van der Waals surface area contributed by atoms with Crippen molar-refractivity contribution in [3.8, 4) is 5.75 Å². The molecular formula is C12H12O3. The average Bonchev–Trinajstić information content (AvgIpc) is 2.53. The van der Waals surface area contributed by atoms with E-state index in [1.165, 1.54) is 0 Å². The van der Waals surface area contributed by atoms with Crippen LogP contribution in [0.25, 0.3) is 0 Å². The van der Waals surface area contributed by atoms with Crippen LogP contribution in [0, 0.1) is 5.92 Å². The minimum absolute atomic E-state index is 0.122. The molecule has 0 aliphatic carbocycles. The quantitative estimate of drug-likeness (QED) is 0.605. The summed E-state index contributed by atoms with van der Waals surface area (Å²) >= 11 is 0. The van der Waals surface area contributed by atoms with Gasteiger partial charge in [0.1, 0.15) is 11.4 Å². The Morgan fingerprint density at radius 2 is 2.20 bits per heavy atom. The summed E-state index contributed by atoms with van der Waals surface area (Å²) in [5.74, 6) is 0.869. The van der Waals surface area contributed by atoms with Gasteiger partial charge < -0.3 is 9.47 Å². The van der Waals surface area contributed by atoms with Crippen molar-refractivity contribution in [3.05, 3.63) is 29.8 Å². The Labute approximate surface area is 88.0 Å². The molecule has 2 heterocycles. The maximum atomic E-state index is 11.3. The van der Waals surface area contributed by atoms with E-state index in [0.29, 0.717) is 13.0 Å². The molecule has 2 atom stereocenters. The third-order valence-corrected chi connectivity index (χ3v) is 3.38. The monoisotopic (exact) mass is 204 g/mol. The molecule has 0 spiro atoms. The predicted molar refractivity (Wildman–Crippen MR) is 53.5 cm³/mol. The Balaban J connectivity index is 2.15. The molecule has 2 aliphatic rings. The minimum Gasteiger partial charge on any atom is -0.493 e. The van der Waals surface area contributed by atoms with E-state index in [-0.39, 0.29) is 11.9 Å². The van der Waals surface area contributed by atoms with Gasteiger partial charge in [0.15, 0.2) is 0 Å². The van der Waals surface area contributed by atoms with E-state index in [4.69, 9.17) is 9.47 Å². The SMILES string of the molecule is C[C@@]12OC(=O)C[C@@H]1COc1ccccc12. The zero-order valence-corrected chi connectivity index (χ0v) is 8.53. The lowest BCUT2D eigenvalue weighted by Crippen LogP contribution is -2.37. The molecule has 0 bridgehead atoms. The smallest absolute Gasteiger partial charge is 0.307 e. The maximum Gasteiger partial charge on any atom is 0.307 e. The van der Waals surface area contributed by atoms with E-state index in [1.54, 1.807) is 0 Å². The fraction of sp³-hybridized carbons (Fsp3) is 0.417. The van der Waals surface area contributed by atoms with Crippen molar-refractivity contribution in [2.75, 3.05) is 6.61 Å². The van der Waals surface area contributed by atoms with E-state index < -0.39 is 5.60 Å². The molecular weight excluding hydrogens is 192 g/mol. The first kappa shape index (κ1) is 8.77. The molecule has 3 heteroatoms. The van der Waals surface area contributed by atoms with Crippen molar-refractivity contribution in [1.82, 2.24) is 0 Å². The summed E-state index contributed by atoms with van der Waals surface area (Å²) in [7, 11) is 0. The predicted octanol–water partition coefficient (Wildman–Crippen LogP) is 1.86. The molecule has 0 radical (unpaired) electrons. The van der Waals surface area contributed by atoms with Gasteiger partial charge in [0, 0.05) is 11.5 Å². The topological polar surface area (TPSA) is 35.5 Å².